The molecule has 0 saturated carbocycles. The minimum absolute atomic E-state index is 0. The Morgan fingerprint density at radius 3 is 2.71 bits per heavy atom. The normalized spacial score (nSPS) is 10.4. The van der Waals surface area contributed by atoms with Crippen molar-refractivity contribution >= 4 is 61.2 Å². The highest BCUT2D eigenvalue weighted by atomic mass is 79.9. The summed E-state index contributed by atoms with van der Waals surface area (Å²) in [5, 5.41) is 13.2. The monoisotopic (exact) mass is 431 g/mol. The molecule has 1 heterocycles. The first-order valence-electron chi connectivity index (χ1n) is 5.99. The molecule has 0 unspecified atom stereocenters. The maximum absolute atomic E-state index is 10.0. The van der Waals surface area contributed by atoms with Gasteiger partial charge in [-0.15, -0.1) is 12.4 Å². The van der Waals surface area contributed by atoms with Crippen LogP contribution < -0.4 is 5.32 Å². The van der Waals surface area contributed by atoms with Crippen molar-refractivity contribution in [3.8, 4) is 5.75 Å². The molecular weight excluding hydrogens is 421 g/mol. The zero-order chi connectivity index (χ0) is 14.1. The van der Waals surface area contributed by atoms with Gasteiger partial charge in [0.1, 0.15) is 5.75 Å². The van der Waals surface area contributed by atoms with E-state index in [2.05, 4.69) is 47.1 Å². The van der Waals surface area contributed by atoms with Crippen LogP contribution in [0.15, 0.2) is 45.3 Å². The van der Waals surface area contributed by atoms with Gasteiger partial charge in [0.25, 0.3) is 0 Å². The van der Waals surface area contributed by atoms with E-state index in [1.54, 1.807) is 6.07 Å². The van der Waals surface area contributed by atoms with Crippen molar-refractivity contribution < 1.29 is 5.11 Å². The molecule has 4 nitrogen and oxygen atoms in total. The smallest absolute Gasteiger partial charge is 0.201 e. The fraction of sp³-hybridized carbons (Fsp3) is 0.0714. The molecule has 0 aliphatic carbocycles. The van der Waals surface area contributed by atoms with E-state index < -0.39 is 0 Å². The first-order chi connectivity index (χ1) is 9.63. The van der Waals surface area contributed by atoms with Gasteiger partial charge in [-0.2, -0.15) is 0 Å². The van der Waals surface area contributed by atoms with Gasteiger partial charge in [0.2, 0.25) is 5.95 Å². The van der Waals surface area contributed by atoms with Crippen LogP contribution in [0.3, 0.4) is 0 Å². The average molecular weight is 434 g/mol. The number of aromatic amines is 1. The molecular formula is C14H12Br2ClN3O. The van der Waals surface area contributed by atoms with Crippen LogP contribution in [0, 0.1) is 0 Å². The molecule has 0 fully saturated rings. The van der Waals surface area contributed by atoms with E-state index in [1.807, 2.05) is 30.3 Å². The maximum Gasteiger partial charge on any atom is 0.201 e. The van der Waals surface area contributed by atoms with E-state index in [0.29, 0.717) is 17.0 Å². The number of nitrogens with zero attached hydrogens (tertiary/aromatic N) is 1. The Bertz CT molecular complexity index is 743. The van der Waals surface area contributed by atoms with E-state index in [9.17, 15) is 5.11 Å². The number of hydrogen-bond donors (Lipinski definition) is 3. The number of aromatic hydroxyl groups is 1. The second kappa shape index (κ2) is 6.68. The summed E-state index contributed by atoms with van der Waals surface area (Å²) in [7, 11) is 0. The molecule has 3 rings (SSSR count). The molecule has 0 aliphatic heterocycles. The van der Waals surface area contributed by atoms with Crippen LogP contribution in [-0.2, 0) is 6.54 Å². The number of hydrogen-bond acceptors (Lipinski definition) is 3. The standard InChI is InChI=1S/C14H11Br2N3O.ClH/c15-9-5-8(13(20)10(16)6-9)7-17-14-18-11-3-1-2-4-12(11)19-14;/h1-6,20H,7H2,(H2,17,18,19);1H. The van der Waals surface area contributed by atoms with Crippen LogP contribution in [0.2, 0.25) is 0 Å². The maximum atomic E-state index is 10.0. The van der Waals surface area contributed by atoms with Crippen molar-refractivity contribution in [3.05, 3.63) is 50.9 Å². The highest BCUT2D eigenvalue weighted by molar-refractivity contribution is 9.11. The topological polar surface area (TPSA) is 60.9 Å². The lowest BCUT2D eigenvalue weighted by Gasteiger charge is -2.08. The fourth-order valence-electron chi connectivity index (χ4n) is 1.97. The Kier molecular flexibility index (Phi) is 5.13. The van der Waals surface area contributed by atoms with E-state index in [1.165, 1.54) is 0 Å². The summed E-state index contributed by atoms with van der Waals surface area (Å²) in [5.74, 6) is 0.915. The van der Waals surface area contributed by atoms with Crippen molar-refractivity contribution in [2.75, 3.05) is 5.32 Å². The first kappa shape index (κ1) is 16.1. The lowest BCUT2D eigenvalue weighted by atomic mass is 10.2. The largest absolute Gasteiger partial charge is 0.506 e. The number of fused-ring (bicyclic) bond motifs is 1. The molecule has 3 aromatic rings. The van der Waals surface area contributed by atoms with Crippen molar-refractivity contribution in [2.45, 2.75) is 6.54 Å². The second-order valence-corrected chi connectivity index (χ2v) is 6.12. The molecule has 0 aliphatic rings. The summed E-state index contributed by atoms with van der Waals surface area (Å²) in [6, 6.07) is 11.5. The van der Waals surface area contributed by atoms with Crippen molar-refractivity contribution in [1.29, 1.82) is 0 Å². The number of rotatable bonds is 3. The molecule has 0 bridgehead atoms. The number of nitrogens with one attached hydrogen (secondary N) is 2. The molecule has 0 atom stereocenters. The molecule has 21 heavy (non-hydrogen) atoms. The van der Waals surface area contributed by atoms with Gasteiger partial charge in [0.15, 0.2) is 0 Å². The Morgan fingerprint density at radius 2 is 1.95 bits per heavy atom. The zero-order valence-corrected chi connectivity index (χ0v) is 14.7. The third-order valence-electron chi connectivity index (χ3n) is 2.94. The van der Waals surface area contributed by atoms with E-state index in [-0.39, 0.29) is 18.2 Å². The Balaban J connectivity index is 0.00000161. The Morgan fingerprint density at radius 1 is 1.19 bits per heavy atom. The lowest BCUT2D eigenvalue weighted by Crippen LogP contribution is -2.01. The number of phenolic OH excluding ortho intramolecular Hbond substituents is 1. The SMILES string of the molecule is Cl.Oc1c(Br)cc(Br)cc1CNc1nc2ccccc2[nH]1. The zero-order valence-electron chi connectivity index (χ0n) is 10.7. The van der Waals surface area contributed by atoms with Crippen LogP contribution in [-0.4, -0.2) is 15.1 Å². The summed E-state index contributed by atoms with van der Waals surface area (Å²) in [6.07, 6.45) is 0. The van der Waals surface area contributed by atoms with Crippen LogP contribution in [0.4, 0.5) is 5.95 Å². The number of H-pyrrole nitrogens is 1. The Hall–Kier alpha value is -1.24. The molecule has 110 valence electrons. The predicted octanol–water partition coefficient (Wildman–Crippen LogP) is 4.83. The van der Waals surface area contributed by atoms with E-state index in [0.717, 1.165) is 21.1 Å². The number of benzene rings is 2. The van der Waals surface area contributed by atoms with Crippen LogP contribution in [0.1, 0.15) is 5.56 Å². The quantitative estimate of drug-likeness (QED) is 0.555. The second-order valence-electron chi connectivity index (χ2n) is 4.35. The molecule has 0 spiro atoms. The van der Waals surface area contributed by atoms with Crippen molar-refractivity contribution in [1.82, 2.24) is 9.97 Å². The van der Waals surface area contributed by atoms with Crippen LogP contribution in [0.25, 0.3) is 11.0 Å². The van der Waals surface area contributed by atoms with Gasteiger partial charge in [-0.25, -0.2) is 4.98 Å². The minimum atomic E-state index is 0. The van der Waals surface area contributed by atoms with Gasteiger partial charge in [-0.1, -0.05) is 28.1 Å². The van der Waals surface area contributed by atoms with Gasteiger partial charge in [-0.05, 0) is 40.2 Å². The number of imidazole rings is 1. The van der Waals surface area contributed by atoms with Crippen molar-refractivity contribution in [2.24, 2.45) is 0 Å². The van der Waals surface area contributed by atoms with Crippen LogP contribution >= 0.6 is 44.3 Å². The van der Waals surface area contributed by atoms with E-state index in [4.69, 9.17) is 0 Å². The fourth-order valence-corrected chi connectivity index (χ4v) is 3.28. The third kappa shape index (κ3) is 3.51. The first-order valence-corrected chi connectivity index (χ1v) is 7.57. The number of para-hydroxylation sites is 2. The van der Waals surface area contributed by atoms with Gasteiger partial charge < -0.3 is 15.4 Å². The van der Waals surface area contributed by atoms with Gasteiger partial charge in [-0.3, -0.25) is 0 Å². The highest BCUT2D eigenvalue weighted by Gasteiger charge is 2.08. The molecule has 1 aromatic heterocycles. The molecule has 0 saturated heterocycles. The molecule has 0 amide bonds. The lowest BCUT2D eigenvalue weighted by molar-refractivity contribution is 0.465. The number of phenols is 1. The molecule has 3 N–H and O–H groups in total. The summed E-state index contributed by atoms with van der Waals surface area (Å²) >= 11 is 6.73. The van der Waals surface area contributed by atoms with Gasteiger partial charge in [0.05, 0.1) is 15.5 Å². The number of halogens is 3. The summed E-state index contributed by atoms with van der Waals surface area (Å²) in [6.45, 7) is 0.476. The average Bonchev–Trinajstić information content (AvgIpc) is 2.84. The van der Waals surface area contributed by atoms with Crippen LogP contribution in [0.5, 0.6) is 5.75 Å². The predicted molar refractivity (Wildman–Crippen MR) is 94.2 cm³/mol. The highest BCUT2D eigenvalue weighted by Crippen LogP contribution is 2.32. The summed E-state index contributed by atoms with van der Waals surface area (Å²) in [5.41, 5.74) is 2.68. The molecule has 2 aromatic carbocycles. The number of anilines is 1. The Labute approximate surface area is 144 Å². The van der Waals surface area contributed by atoms with Gasteiger partial charge >= 0.3 is 0 Å². The van der Waals surface area contributed by atoms with Gasteiger partial charge in [0, 0.05) is 16.6 Å². The minimum Gasteiger partial charge on any atom is -0.506 e. The number of aromatic nitrogens is 2. The third-order valence-corrected chi connectivity index (χ3v) is 4.01. The van der Waals surface area contributed by atoms with Crippen molar-refractivity contribution in [3.63, 3.8) is 0 Å². The molecule has 0 radical (unpaired) electrons. The summed E-state index contributed by atoms with van der Waals surface area (Å²) in [4.78, 5) is 7.62. The summed E-state index contributed by atoms with van der Waals surface area (Å²) < 4.78 is 1.57. The molecule has 7 heteroatoms. The van der Waals surface area contributed by atoms with E-state index >= 15 is 0 Å².